The molecule has 0 bridgehead atoms. The number of benzene rings is 2. The molecule has 0 atom stereocenters. The van der Waals surface area contributed by atoms with Gasteiger partial charge in [-0.15, -0.1) is 11.3 Å². The second kappa shape index (κ2) is 10.6. The summed E-state index contributed by atoms with van der Waals surface area (Å²) in [5.41, 5.74) is 1.45. The average molecular weight is 480 g/mol. The Morgan fingerprint density at radius 3 is 2.56 bits per heavy atom. The van der Waals surface area contributed by atoms with E-state index in [-0.39, 0.29) is 17.6 Å². The third-order valence-corrected chi connectivity index (χ3v) is 6.74. The van der Waals surface area contributed by atoms with Crippen molar-refractivity contribution < 1.29 is 18.7 Å². The molecule has 2 heterocycles. The zero-order valence-corrected chi connectivity index (χ0v) is 19.9. The van der Waals surface area contributed by atoms with Crippen LogP contribution in [0.15, 0.2) is 60.7 Å². The highest BCUT2D eigenvalue weighted by Crippen LogP contribution is 2.31. The molecule has 0 spiro atoms. The molecule has 1 fully saturated rings. The van der Waals surface area contributed by atoms with Gasteiger partial charge in [0, 0.05) is 53.1 Å². The van der Waals surface area contributed by atoms with Crippen molar-refractivity contribution in [1.82, 2.24) is 9.80 Å². The summed E-state index contributed by atoms with van der Waals surface area (Å²) in [5, 5.41) is 2.80. The Morgan fingerprint density at radius 1 is 1.06 bits per heavy atom. The maximum Gasteiger partial charge on any atom is 0.254 e. The van der Waals surface area contributed by atoms with Crippen LogP contribution in [0.5, 0.6) is 5.75 Å². The first-order chi connectivity index (χ1) is 16.4. The Hall–Kier alpha value is -3.49. The number of carbonyl (C=O) groups is 2. The molecule has 3 aromatic rings. The lowest BCUT2D eigenvalue weighted by atomic mass is 10.1. The normalized spacial score (nSPS) is 14.4. The smallest absolute Gasteiger partial charge is 0.254 e. The van der Waals surface area contributed by atoms with Gasteiger partial charge in [-0.3, -0.25) is 9.59 Å². The molecule has 1 saturated heterocycles. The number of halogens is 1. The van der Waals surface area contributed by atoms with E-state index in [2.05, 4.69) is 10.2 Å². The number of piperazine rings is 1. The van der Waals surface area contributed by atoms with Gasteiger partial charge in [0.2, 0.25) is 5.91 Å². The Labute approximate surface area is 202 Å². The minimum Gasteiger partial charge on any atom is -0.495 e. The fourth-order valence-electron chi connectivity index (χ4n) is 3.71. The number of nitrogens with one attached hydrogen (secondary N) is 1. The van der Waals surface area contributed by atoms with Crippen molar-refractivity contribution >= 4 is 34.9 Å². The Kier molecular flexibility index (Phi) is 7.40. The molecule has 34 heavy (non-hydrogen) atoms. The molecule has 0 saturated carbocycles. The summed E-state index contributed by atoms with van der Waals surface area (Å²) < 4.78 is 19.4. The van der Waals surface area contributed by atoms with Gasteiger partial charge in [-0.2, -0.15) is 0 Å². The highest BCUT2D eigenvalue weighted by Gasteiger charge is 2.21. The number of nitrogens with zero attached hydrogens (tertiary/aromatic N) is 2. The quantitative estimate of drug-likeness (QED) is 0.525. The minimum atomic E-state index is -0.358. The molecular weight excluding hydrogens is 453 g/mol. The molecule has 1 N–H and O–H groups in total. The molecule has 1 aliphatic rings. The van der Waals surface area contributed by atoms with Gasteiger partial charge in [0.1, 0.15) is 11.6 Å². The van der Waals surface area contributed by atoms with Gasteiger partial charge in [0.05, 0.1) is 12.8 Å². The van der Waals surface area contributed by atoms with E-state index in [1.807, 2.05) is 24.1 Å². The highest BCUT2D eigenvalue weighted by atomic mass is 32.1. The topological polar surface area (TPSA) is 61.9 Å². The van der Waals surface area contributed by atoms with Crippen molar-refractivity contribution in [3.8, 4) is 16.2 Å². The van der Waals surface area contributed by atoms with E-state index < -0.39 is 0 Å². The number of thiophene rings is 1. The van der Waals surface area contributed by atoms with Crippen molar-refractivity contribution in [2.45, 2.75) is 0 Å². The predicted octanol–water partition coefficient (Wildman–Crippen LogP) is 4.60. The lowest BCUT2D eigenvalue weighted by molar-refractivity contribution is -0.111. The Morgan fingerprint density at radius 2 is 1.82 bits per heavy atom. The molecule has 1 aliphatic heterocycles. The number of likely N-dealkylation sites (N-methyl/N-ethyl adjacent to an activating group) is 1. The summed E-state index contributed by atoms with van der Waals surface area (Å²) in [5.74, 6) is -0.241. The van der Waals surface area contributed by atoms with Gasteiger partial charge in [0.25, 0.3) is 5.91 Å². The lowest BCUT2D eigenvalue weighted by Gasteiger charge is -2.32. The Bertz CT molecular complexity index is 1220. The van der Waals surface area contributed by atoms with Gasteiger partial charge >= 0.3 is 0 Å². The number of methoxy groups -OCH3 is 1. The number of ether oxygens (including phenoxy) is 1. The van der Waals surface area contributed by atoms with E-state index in [9.17, 15) is 14.0 Å². The van der Waals surface area contributed by atoms with Crippen LogP contribution in [0.2, 0.25) is 0 Å². The first-order valence-electron chi connectivity index (χ1n) is 10.9. The summed E-state index contributed by atoms with van der Waals surface area (Å²) in [6, 6.07) is 15.3. The second-order valence-electron chi connectivity index (χ2n) is 8.01. The number of amides is 2. The van der Waals surface area contributed by atoms with Gasteiger partial charge in [-0.05, 0) is 49.5 Å². The van der Waals surface area contributed by atoms with Crippen LogP contribution in [0.4, 0.5) is 10.1 Å². The van der Waals surface area contributed by atoms with Crippen LogP contribution in [0.1, 0.15) is 15.2 Å². The maximum absolute atomic E-state index is 14.0. The van der Waals surface area contributed by atoms with Gasteiger partial charge in [0.15, 0.2) is 0 Å². The zero-order valence-electron chi connectivity index (χ0n) is 19.1. The molecule has 0 radical (unpaired) electrons. The summed E-state index contributed by atoms with van der Waals surface area (Å²) in [6.45, 7) is 3.00. The largest absolute Gasteiger partial charge is 0.495 e. The predicted molar refractivity (Wildman–Crippen MR) is 134 cm³/mol. The van der Waals surface area contributed by atoms with Crippen LogP contribution in [-0.4, -0.2) is 62.0 Å². The molecule has 0 aliphatic carbocycles. The maximum atomic E-state index is 14.0. The Balaban J connectivity index is 1.45. The second-order valence-corrected chi connectivity index (χ2v) is 9.13. The first-order valence-corrected chi connectivity index (χ1v) is 11.8. The van der Waals surface area contributed by atoms with Crippen LogP contribution in [0.3, 0.4) is 0 Å². The van der Waals surface area contributed by atoms with Crippen LogP contribution in [0.25, 0.3) is 16.5 Å². The summed E-state index contributed by atoms with van der Waals surface area (Å²) in [6.07, 6.45) is 3.08. The summed E-state index contributed by atoms with van der Waals surface area (Å²) >= 11 is 1.39. The van der Waals surface area contributed by atoms with Gasteiger partial charge in [-0.25, -0.2) is 4.39 Å². The van der Waals surface area contributed by atoms with Gasteiger partial charge in [-0.1, -0.05) is 18.2 Å². The highest BCUT2D eigenvalue weighted by molar-refractivity contribution is 7.16. The third-order valence-electron chi connectivity index (χ3n) is 5.66. The van der Waals surface area contributed by atoms with E-state index in [4.69, 9.17) is 4.74 Å². The molecular formula is C26H26FN3O3S. The lowest BCUT2D eigenvalue weighted by Crippen LogP contribution is -2.47. The van der Waals surface area contributed by atoms with E-state index in [1.54, 1.807) is 42.5 Å². The minimum absolute atomic E-state index is 0.0685. The van der Waals surface area contributed by atoms with Crippen LogP contribution >= 0.6 is 11.3 Å². The molecule has 4 rings (SSSR count). The number of anilines is 1. The van der Waals surface area contributed by atoms with Crippen molar-refractivity contribution in [3.05, 3.63) is 76.9 Å². The molecule has 8 heteroatoms. The van der Waals surface area contributed by atoms with Crippen LogP contribution < -0.4 is 10.1 Å². The molecule has 2 amide bonds. The fraction of sp³-hybridized carbons (Fsp3) is 0.231. The number of hydrogen-bond acceptors (Lipinski definition) is 5. The first kappa shape index (κ1) is 23.7. The van der Waals surface area contributed by atoms with Crippen molar-refractivity contribution in [1.29, 1.82) is 0 Å². The SMILES string of the molecule is COc1ccc(C(=O)N2CCN(C)CC2)cc1NC(=O)/C=C/c1ccc(-c2ccccc2F)s1. The molecule has 176 valence electrons. The monoisotopic (exact) mass is 479 g/mol. The van der Waals surface area contributed by atoms with Crippen LogP contribution in [0, 0.1) is 5.82 Å². The van der Waals surface area contributed by atoms with Crippen molar-refractivity contribution in [3.63, 3.8) is 0 Å². The van der Waals surface area contributed by atoms with Gasteiger partial charge < -0.3 is 19.9 Å². The average Bonchev–Trinajstić information content (AvgIpc) is 3.32. The number of rotatable bonds is 6. The van der Waals surface area contributed by atoms with Crippen molar-refractivity contribution in [2.24, 2.45) is 0 Å². The number of carbonyl (C=O) groups excluding carboxylic acids is 2. The third kappa shape index (κ3) is 5.52. The molecule has 1 aromatic heterocycles. The van der Waals surface area contributed by atoms with E-state index in [1.165, 1.54) is 30.6 Å². The molecule has 6 nitrogen and oxygen atoms in total. The standard InChI is InChI=1S/C26H26FN3O3S/c1-29-13-15-30(16-14-29)26(32)18-7-10-23(33-2)22(17-18)28-25(31)12-9-19-8-11-24(34-19)20-5-3-4-6-21(20)27/h3-12,17H,13-16H2,1-2H3,(H,28,31)/b12-9+. The number of hydrogen-bond donors (Lipinski definition) is 1. The molecule has 2 aromatic carbocycles. The van der Waals surface area contributed by atoms with Crippen LogP contribution in [-0.2, 0) is 4.79 Å². The summed E-state index contributed by atoms with van der Waals surface area (Å²) in [7, 11) is 3.55. The molecule has 0 unspecified atom stereocenters. The fourth-order valence-corrected chi connectivity index (χ4v) is 4.65. The van der Waals surface area contributed by atoms with E-state index in [0.717, 1.165) is 22.8 Å². The van der Waals surface area contributed by atoms with Crippen molar-refractivity contribution in [2.75, 3.05) is 45.7 Å². The van der Waals surface area contributed by atoms with E-state index in [0.29, 0.717) is 35.7 Å². The van der Waals surface area contributed by atoms with E-state index >= 15 is 0 Å². The zero-order chi connectivity index (χ0) is 24.1. The summed E-state index contributed by atoms with van der Waals surface area (Å²) in [4.78, 5) is 31.1.